The first kappa shape index (κ1) is 12.3. The van der Waals surface area contributed by atoms with E-state index in [0.29, 0.717) is 6.10 Å². The predicted octanol–water partition coefficient (Wildman–Crippen LogP) is 0.605. The molecule has 2 aliphatic heterocycles. The summed E-state index contributed by atoms with van der Waals surface area (Å²) in [4.78, 5) is 2.48. The van der Waals surface area contributed by atoms with Crippen molar-refractivity contribution >= 4 is 0 Å². The van der Waals surface area contributed by atoms with Crippen molar-refractivity contribution in [2.75, 3.05) is 39.9 Å². The minimum atomic E-state index is 0.0769. The fourth-order valence-electron chi connectivity index (χ4n) is 2.90. The molecule has 0 radical (unpaired) electrons. The number of likely N-dealkylation sites (tertiary alicyclic amines) is 1. The summed E-state index contributed by atoms with van der Waals surface area (Å²) in [6.45, 7) is 4.96. The molecule has 2 rings (SSSR count). The molecule has 16 heavy (non-hydrogen) atoms. The summed E-state index contributed by atoms with van der Waals surface area (Å²) in [5.41, 5.74) is 5.62. The van der Waals surface area contributed by atoms with E-state index in [2.05, 4.69) is 4.90 Å². The van der Waals surface area contributed by atoms with Gasteiger partial charge in [0.2, 0.25) is 0 Å². The van der Waals surface area contributed by atoms with Gasteiger partial charge in [0.05, 0.1) is 11.7 Å². The van der Waals surface area contributed by atoms with Crippen LogP contribution in [0.25, 0.3) is 0 Å². The summed E-state index contributed by atoms with van der Waals surface area (Å²) in [7, 11) is 1.81. The molecule has 94 valence electrons. The highest BCUT2D eigenvalue weighted by atomic mass is 16.5. The Bertz CT molecular complexity index is 225. The maximum Gasteiger partial charge on any atom is 0.0845 e. The van der Waals surface area contributed by atoms with E-state index >= 15 is 0 Å². The number of nitrogens with zero attached hydrogens (tertiary/aromatic N) is 1. The van der Waals surface area contributed by atoms with Crippen LogP contribution in [0, 0.1) is 0 Å². The lowest BCUT2D eigenvalue weighted by Crippen LogP contribution is -2.44. The Balaban J connectivity index is 1.85. The van der Waals surface area contributed by atoms with Crippen LogP contribution in [0.2, 0.25) is 0 Å². The molecule has 2 N–H and O–H groups in total. The van der Waals surface area contributed by atoms with Gasteiger partial charge in [-0.3, -0.25) is 0 Å². The Morgan fingerprint density at radius 3 is 3.19 bits per heavy atom. The van der Waals surface area contributed by atoms with Crippen LogP contribution in [0.15, 0.2) is 0 Å². The van der Waals surface area contributed by atoms with Crippen molar-refractivity contribution in [2.24, 2.45) is 5.73 Å². The van der Waals surface area contributed by atoms with Gasteiger partial charge in [0.15, 0.2) is 0 Å². The van der Waals surface area contributed by atoms with Crippen molar-refractivity contribution in [3.63, 3.8) is 0 Å². The first-order valence-electron chi connectivity index (χ1n) is 6.37. The van der Waals surface area contributed by atoms with Gasteiger partial charge < -0.3 is 20.1 Å². The average Bonchev–Trinajstić information content (AvgIpc) is 2.69. The molecule has 0 unspecified atom stereocenters. The fraction of sp³-hybridized carbons (Fsp3) is 1.00. The van der Waals surface area contributed by atoms with Gasteiger partial charge in [0.1, 0.15) is 0 Å². The smallest absolute Gasteiger partial charge is 0.0845 e. The molecule has 0 saturated carbocycles. The van der Waals surface area contributed by atoms with Crippen molar-refractivity contribution in [1.29, 1.82) is 0 Å². The van der Waals surface area contributed by atoms with E-state index in [9.17, 15) is 0 Å². The van der Waals surface area contributed by atoms with Crippen LogP contribution in [0.5, 0.6) is 0 Å². The minimum Gasteiger partial charge on any atom is -0.381 e. The van der Waals surface area contributed by atoms with Gasteiger partial charge in [0, 0.05) is 33.2 Å². The number of hydrogen-bond acceptors (Lipinski definition) is 4. The van der Waals surface area contributed by atoms with Crippen molar-refractivity contribution in [3.05, 3.63) is 0 Å². The third kappa shape index (κ3) is 2.74. The Kier molecular flexibility index (Phi) is 4.19. The number of ether oxygens (including phenoxy) is 2. The molecule has 0 aliphatic carbocycles. The molecule has 2 heterocycles. The molecule has 4 heteroatoms. The van der Waals surface area contributed by atoms with Gasteiger partial charge in [-0.15, -0.1) is 0 Å². The van der Waals surface area contributed by atoms with Gasteiger partial charge in [-0.05, 0) is 32.4 Å². The van der Waals surface area contributed by atoms with Crippen LogP contribution in [0.4, 0.5) is 0 Å². The minimum absolute atomic E-state index is 0.0769. The maximum absolute atomic E-state index is 6.02. The SMILES string of the molecule is CO[C@@H]1CCO[C@]2(CCN(CCCN)C2)C1. The molecule has 0 aromatic rings. The molecule has 4 nitrogen and oxygen atoms in total. The van der Waals surface area contributed by atoms with E-state index in [1.54, 1.807) is 0 Å². The van der Waals surface area contributed by atoms with Gasteiger partial charge in [-0.1, -0.05) is 0 Å². The molecule has 0 bridgehead atoms. The lowest BCUT2D eigenvalue weighted by atomic mass is 9.91. The normalized spacial score (nSPS) is 36.0. The lowest BCUT2D eigenvalue weighted by Gasteiger charge is -2.37. The second-order valence-corrected chi connectivity index (χ2v) is 5.05. The molecule has 2 fully saturated rings. The Morgan fingerprint density at radius 1 is 1.56 bits per heavy atom. The van der Waals surface area contributed by atoms with Crippen molar-refractivity contribution in [1.82, 2.24) is 4.90 Å². The third-order valence-corrected chi connectivity index (χ3v) is 3.85. The Morgan fingerprint density at radius 2 is 2.44 bits per heavy atom. The monoisotopic (exact) mass is 228 g/mol. The molecule has 2 atom stereocenters. The number of nitrogens with two attached hydrogens (primary N) is 1. The van der Waals surface area contributed by atoms with Gasteiger partial charge in [0.25, 0.3) is 0 Å². The fourth-order valence-corrected chi connectivity index (χ4v) is 2.90. The summed E-state index contributed by atoms with van der Waals surface area (Å²) in [6.07, 6.45) is 4.73. The zero-order valence-electron chi connectivity index (χ0n) is 10.3. The molecule has 0 amide bonds. The molecular weight excluding hydrogens is 204 g/mol. The molecular formula is C12H24N2O2. The van der Waals surface area contributed by atoms with E-state index in [4.69, 9.17) is 15.2 Å². The summed E-state index contributed by atoms with van der Waals surface area (Å²) >= 11 is 0. The zero-order valence-corrected chi connectivity index (χ0v) is 10.3. The van der Waals surface area contributed by atoms with E-state index in [1.807, 2.05) is 7.11 Å². The summed E-state index contributed by atoms with van der Waals surface area (Å²) < 4.78 is 11.5. The Labute approximate surface area is 98.1 Å². The van der Waals surface area contributed by atoms with Crippen LogP contribution in [0.3, 0.4) is 0 Å². The quantitative estimate of drug-likeness (QED) is 0.765. The van der Waals surface area contributed by atoms with E-state index in [1.165, 1.54) is 0 Å². The highest BCUT2D eigenvalue weighted by molar-refractivity contribution is 4.95. The molecule has 1 spiro atoms. The van der Waals surface area contributed by atoms with Gasteiger partial charge in [-0.25, -0.2) is 0 Å². The van der Waals surface area contributed by atoms with Crippen LogP contribution in [-0.4, -0.2) is 56.5 Å². The van der Waals surface area contributed by atoms with Crippen LogP contribution < -0.4 is 5.73 Å². The molecule has 0 aromatic carbocycles. The first-order valence-corrected chi connectivity index (χ1v) is 6.37. The zero-order chi connectivity index (χ0) is 11.4. The maximum atomic E-state index is 6.02. The average molecular weight is 228 g/mol. The van der Waals surface area contributed by atoms with E-state index < -0.39 is 0 Å². The number of rotatable bonds is 4. The Hall–Kier alpha value is -0.160. The highest BCUT2D eigenvalue weighted by Gasteiger charge is 2.42. The van der Waals surface area contributed by atoms with Gasteiger partial charge >= 0.3 is 0 Å². The second kappa shape index (κ2) is 5.45. The van der Waals surface area contributed by atoms with Crippen molar-refractivity contribution < 1.29 is 9.47 Å². The molecule has 0 aromatic heterocycles. The number of hydrogen-bond donors (Lipinski definition) is 1. The summed E-state index contributed by atoms with van der Waals surface area (Å²) in [5.74, 6) is 0. The van der Waals surface area contributed by atoms with Crippen molar-refractivity contribution in [3.8, 4) is 0 Å². The topological polar surface area (TPSA) is 47.7 Å². The molecule has 2 aliphatic rings. The van der Waals surface area contributed by atoms with E-state index in [0.717, 1.165) is 58.5 Å². The first-order chi connectivity index (χ1) is 7.78. The number of methoxy groups -OCH3 is 1. The van der Waals surface area contributed by atoms with Crippen LogP contribution in [-0.2, 0) is 9.47 Å². The standard InChI is InChI=1S/C12H24N2O2/c1-15-11-3-8-16-12(9-11)4-7-14(10-12)6-2-5-13/h11H,2-10,13H2,1H3/t11-,12-/m1/s1. The second-order valence-electron chi connectivity index (χ2n) is 5.05. The van der Waals surface area contributed by atoms with Gasteiger partial charge in [-0.2, -0.15) is 0 Å². The van der Waals surface area contributed by atoms with E-state index in [-0.39, 0.29) is 5.60 Å². The third-order valence-electron chi connectivity index (χ3n) is 3.85. The summed E-state index contributed by atoms with van der Waals surface area (Å²) in [5, 5.41) is 0. The molecule has 2 saturated heterocycles. The highest BCUT2D eigenvalue weighted by Crippen LogP contribution is 2.34. The largest absolute Gasteiger partial charge is 0.381 e. The lowest BCUT2D eigenvalue weighted by molar-refractivity contribution is -0.119. The van der Waals surface area contributed by atoms with Crippen LogP contribution >= 0.6 is 0 Å². The van der Waals surface area contributed by atoms with Crippen molar-refractivity contribution in [2.45, 2.75) is 37.4 Å². The summed E-state index contributed by atoms with van der Waals surface area (Å²) in [6, 6.07) is 0. The van der Waals surface area contributed by atoms with Crippen LogP contribution in [0.1, 0.15) is 25.7 Å². The predicted molar refractivity (Wildman–Crippen MR) is 63.4 cm³/mol.